The molecule has 3 heterocycles. The molecule has 1 saturated heterocycles. The first-order valence-corrected chi connectivity index (χ1v) is 7.80. The number of carbonyl (C=O) groups is 1. The summed E-state index contributed by atoms with van der Waals surface area (Å²) in [4.78, 5) is 22.2. The molecular formula is C17H21N5O. The molecule has 3 N–H and O–H groups in total. The van der Waals surface area contributed by atoms with Crippen LogP contribution in [0.2, 0.25) is 0 Å². The number of anilines is 2. The maximum absolute atomic E-state index is 11.5. The first kappa shape index (κ1) is 15.3. The molecule has 1 fully saturated rings. The lowest BCUT2D eigenvalue weighted by molar-refractivity contribution is 0.100. The standard InChI is InChI=1S/C17H21N5O/c1-12-3-2-4-16(21-12)20-9-13-6-8-22(11-13)15-5-7-19-10-14(15)17(18)23/h2-5,7,10,13H,6,8-9,11H2,1H3,(H2,18,23)(H,20,21)/t13-/m0/s1. The molecule has 0 aliphatic carbocycles. The lowest BCUT2D eigenvalue weighted by Gasteiger charge is -2.21. The van der Waals surface area contributed by atoms with Crippen LogP contribution in [0.1, 0.15) is 22.5 Å². The Morgan fingerprint density at radius 2 is 2.30 bits per heavy atom. The maximum Gasteiger partial charge on any atom is 0.252 e. The van der Waals surface area contributed by atoms with Gasteiger partial charge in [-0.2, -0.15) is 0 Å². The Morgan fingerprint density at radius 1 is 1.43 bits per heavy atom. The van der Waals surface area contributed by atoms with Gasteiger partial charge in [0.25, 0.3) is 5.91 Å². The second-order valence-electron chi connectivity index (χ2n) is 5.90. The highest BCUT2D eigenvalue weighted by Crippen LogP contribution is 2.26. The number of nitrogens with one attached hydrogen (secondary N) is 1. The molecule has 2 aromatic heterocycles. The van der Waals surface area contributed by atoms with Crippen molar-refractivity contribution in [2.45, 2.75) is 13.3 Å². The molecule has 3 rings (SSSR count). The molecule has 23 heavy (non-hydrogen) atoms. The van der Waals surface area contributed by atoms with Crippen LogP contribution in [0, 0.1) is 12.8 Å². The third kappa shape index (κ3) is 3.59. The molecule has 6 nitrogen and oxygen atoms in total. The Balaban J connectivity index is 1.62. The third-order valence-corrected chi connectivity index (χ3v) is 4.15. The maximum atomic E-state index is 11.5. The van der Waals surface area contributed by atoms with Crippen LogP contribution in [0.3, 0.4) is 0 Å². The van der Waals surface area contributed by atoms with Gasteiger partial charge < -0.3 is 16.0 Å². The van der Waals surface area contributed by atoms with Crippen LogP contribution in [0.4, 0.5) is 11.5 Å². The van der Waals surface area contributed by atoms with E-state index >= 15 is 0 Å². The van der Waals surface area contributed by atoms with Gasteiger partial charge >= 0.3 is 0 Å². The van der Waals surface area contributed by atoms with E-state index in [0.717, 1.165) is 43.3 Å². The van der Waals surface area contributed by atoms with Crippen LogP contribution < -0.4 is 16.0 Å². The van der Waals surface area contributed by atoms with Crippen molar-refractivity contribution in [1.82, 2.24) is 9.97 Å². The number of hydrogen-bond donors (Lipinski definition) is 2. The average Bonchev–Trinajstić information content (AvgIpc) is 3.02. The summed E-state index contributed by atoms with van der Waals surface area (Å²) in [6.07, 6.45) is 4.31. The molecule has 1 aliphatic heterocycles. The van der Waals surface area contributed by atoms with Crippen LogP contribution in [0.5, 0.6) is 0 Å². The summed E-state index contributed by atoms with van der Waals surface area (Å²) in [6.45, 7) is 4.65. The van der Waals surface area contributed by atoms with Gasteiger partial charge in [0.2, 0.25) is 0 Å². The van der Waals surface area contributed by atoms with Gasteiger partial charge in [-0.1, -0.05) is 6.07 Å². The monoisotopic (exact) mass is 311 g/mol. The summed E-state index contributed by atoms with van der Waals surface area (Å²) in [5.74, 6) is 0.982. The Bertz CT molecular complexity index is 703. The van der Waals surface area contributed by atoms with Crippen molar-refractivity contribution in [3.05, 3.63) is 47.9 Å². The summed E-state index contributed by atoms with van der Waals surface area (Å²) >= 11 is 0. The van der Waals surface area contributed by atoms with E-state index in [0.29, 0.717) is 11.5 Å². The predicted octanol–water partition coefficient (Wildman–Crippen LogP) is 1.82. The van der Waals surface area contributed by atoms with E-state index in [4.69, 9.17) is 5.73 Å². The summed E-state index contributed by atoms with van der Waals surface area (Å²) < 4.78 is 0. The number of aromatic nitrogens is 2. The first-order chi connectivity index (χ1) is 11.1. The fraction of sp³-hybridized carbons (Fsp3) is 0.353. The highest BCUT2D eigenvalue weighted by Gasteiger charge is 2.25. The number of primary amides is 1. The molecule has 0 saturated carbocycles. The zero-order valence-electron chi connectivity index (χ0n) is 13.2. The van der Waals surface area contributed by atoms with Crippen molar-refractivity contribution in [3.63, 3.8) is 0 Å². The van der Waals surface area contributed by atoms with Gasteiger partial charge in [-0.05, 0) is 37.5 Å². The first-order valence-electron chi connectivity index (χ1n) is 7.80. The number of nitrogens with two attached hydrogens (primary N) is 1. The Kier molecular flexibility index (Phi) is 4.41. The number of carbonyl (C=O) groups excluding carboxylic acids is 1. The van der Waals surface area contributed by atoms with Crippen molar-refractivity contribution in [2.24, 2.45) is 11.7 Å². The highest BCUT2D eigenvalue weighted by molar-refractivity contribution is 5.98. The molecule has 2 aromatic rings. The largest absolute Gasteiger partial charge is 0.370 e. The quantitative estimate of drug-likeness (QED) is 0.880. The van der Waals surface area contributed by atoms with E-state index in [2.05, 4.69) is 20.2 Å². The minimum Gasteiger partial charge on any atom is -0.370 e. The van der Waals surface area contributed by atoms with Crippen LogP contribution in [-0.2, 0) is 0 Å². The van der Waals surface area contributed by atoms with E-state index in [9.17, 15) is 4.79 Å². The van der Waals surface area contributed by atoms with E-state index in [1.165, 1.54) is 0 Å². The van der Waals surface area contributed by atoms with Crippen LogP contribution in [0.25, 0.3) is 0 Å². The van der Waals surface area contributed by atoms with Gasteiger partial charge in [0, 0.05) is 37.7 Å². The smallest absolute Gasteiger partial charge is 0.252 e. The molecule has 6 heteroatoms. The van der Waals surface area contributed by atoms with Crippen LogP contribution in [-0.4, -0.2) is 35.5 Å². The minimum atomic E-state index is -0.432. The van der Waals surface area contributed by atoms with Crippen LogP contribution in [0.15, 0.2) is 36.7 Å². The van der Waals surface area contributed by atoms with Crippen molar-refractivity contribution in [3.8, 4) is 0 Å². The van der Waals surface area contributed by atoms with E-state index < -0.39 is 5.91 Å². The molecule has 0 unspecified atom stereocenters. The van der Waals surface area contributed by atoms with Crippen molar-refractivity contribution in [1.29, 1.82) is 0 Å². The normalized spacial score (nSPS) is 17.3. The molecule has 1 atom stereocenters. The predicted molar refractivity (Wildman–Crippen MR) is 90.5 cm³/mol. The van der Waals surface area contributed by atoms with E-state index in [1.807, 2.05) is 31.2 Å². The average molecular weight is 311 g/mol. The lowest BCUT2D eigenvalue weighted by Crippen LogP contribution is -2.25. The molecule has 1 amide bonds. The Hall–Kier alpha value is -2.63. The summed E-state index contributed by atoms with van der Waals surface area (Å²) in [7, 11) is 0. The Morgan fingerprint density at radius 3 is 3.09 bits per heavy atom. The molecular weight excluding hydrogens is 290 g/mol. The summed E-state index contributed by atoms with van der Waals surface area (Å²) in [6, 6.07) is 7.82. The van der Waals surface area contributed by atoms with Gasteiger partial charge in [-0.3, -0.25) is 9.78 Å². The molecule has 120 valence electrons. The number of pyridine rings is 2. The molecule has 0 bridgehead atoms. The number of hydrogen-bond acceptors (Lipinski definition) is 5. The van der Waals surface area contributed by atoms with Gasteiger partial charge in [0.05, 0.1) is 11.3 Å². The minimum absolute atomic E-state index is 0.432. The highest BCUT2D eigenvalue weighted by atomic mass is 16.1. The zero-order valence-corrected chi connectivity index (χ0v) is 13.2. The summed E-state index contributed by atoms with van der Waals surface area (Å²) in [5, 5.41) is 3.40. The summed E-state index contributed by atoms with van der Waals surface area (Å²) in [5.41, 5.74) is 7.81. The molecule has 0 spiro atoms. The van der Waals surface area contributed by atoms with Crippen LogP contribution >= 0.6 is 0 Å². The van der Waals surface area contributed by atoms with Gasteiger partial charge in [-0.15, -0.1) is 0 Å². The molecule has 0 radical (unpaired) electrons. The molecule has 1 aliphatic rings. The van der Waals surface area contributed by atoms with Gasteiger partial charge in [0.1, 0.15) is 5.82 Å². The molecule has 0 aromatic carbocycles. The van der Waals surface area contributed by atoms with E-state index in [1.54, 1.807) is 12.4 Å². The topological polar surface area (TPSA) is 84.1 Å². The van der Waals surface area contributed by atoms with E-state index in [-0.39, 0.29) is 0 Å². The van der Waals surface area contributed by atoms with Gasteiger partial charge in [0.15, 0.2) is 0 Å². The Labute approximate surface area is 135 Å². The van der Waals surface area contributed by atoms with Crippen molar-refractivity contribution in [2.75, 3.05) is 29.9 Å². The van der Waals surface area contributed by atoms with Crippen molar-refractivity contribution < 1.29 is 4.79 Å². The van der Waals surface area contributed by atoms with Crippen molar-refractivity contribution >= 4 is 17.4 Å². The fourth-order valence-corrected chi connectivity index (χ4v) is 2.96. The number of rotatable bonds is 5. The van der Waals surface area contributed by atoms with Gasteiger partial charge in [-0.25, -0.2) is 4.98 Å². The number of nitrogens with zero attached hydrogens (tertiary/aromatic N) is 3. The lowest BCUT2D eigenvalue weighted by atomic mass is 10.1. The fourth-order valence-electron chi connectivity index (χ4n) is 2.96. The third-order valence-electron chi connectivity index (χ3n) is 4.15. The number of amides is 1. The zero-order chi connectivity index (χ0) is 16.2. The SMILES string of the molecule is Cc1cccc(NC[C@@H]2CCN(c3ccncc3C(N)=O)C2)n1. The second-order valence-corrected chi connectivity index (χ2v) is 5.90. The number of aryl methyl sites for hydroxylation is 1. The second kappa shape index (κ2) is 6.64.